The third-order valence-corrected chi connectivity index (χ3v) is 3.58. The number of piperazine rings is 1. The quantitative estimate of drug-likeness (QED) is 0.746. The molecular formula is C15H17F3N2O2. The summed E-state index contributed by atoms with van der Waals surface area (Å²) in [6, 6.07) is 1.58. The summed E-state index contributed by atoms with van der Waals surface area (Å²) in [5.74, 6) is -5.67. The highest BCUT2D eigenvalue weighted by molar-refractivity contribution is 5.97. The molecule has 2 rings (SSSR count). The van der Waals surface area contributed by atoms with E-state index >= 15 is 0 Å². The molecule has 7 heteroatoms. The molecule has 0 saturated carbocycles. The smallest absolute Gasteiger partial charge is 0.257 e. The number of amides is 2. The van der Waals surface area contributed by atoms with Crippen LogP contribution in [-0.4, -0.2) is 46.8 Å². The van der Waals surface area contributed by atoms with Crippen molar-refractivity contribution >= 4 is 11.8 Å². The monoisotopic (exact) mass is 314 g/mol. The highest BCUT2D eigenvalue weighted by Gasteiger charge is 2.34. The van der Waals surface area contributed by atoms with Crippen molar-refractivity contribution < 1.29 is 22.8 Å². The van der Waals surface area contributed by atoms with Gasteiger partial charge in [0.25, 0.3) is 5.91 Å². The second-order valence-electron chi connectivity index (χ2n) is 6.17. The fourth-order valence-electron chi connectivity index (χ4n) is 2.42. The second-order valence-corrected chi connectivity index (χ2v) is 6.17. The van der Waals surface area contributed by atoms with E-state index in [1.807, 2.05) is 20.8 Å². The fourth-order valence-corrected chi connectivity index (χ4v) is 2.42. The molecule has 1 aliphatic rings. The van der Waals surface area contributed by atoms with Crippen molar-refractivity contribution in [2.75, 3.05) is 19.6 Å². The molecule has 1 aromatic carbocycles. The van der Waals surface area contributed by atoms with Gasteiger partial charge in [-0.25, -0.2) is 13.2 Å². The van der Waals surface area contributed by atoms with E-state index in [1.54, 1.807) is 4.90 Å². The van der Waals surface area contributed by atoms with Crippen molar-refractivity contribution in [2.24, 2.45) is 0 Å². The Bertz CT molecular complexity index is 626. The molecule has 0 N–H and O–H groups in total. The lowest BCUT2D eigenvalue weighted by Crippen LogP contribution is -2.58. The summed E-state index contributed by atoms with van der Waals surface area (Å²) in [6.45, 7) is 5.92. The standard InChI is InChI=1S/C15H17F3N2O2/c1-15(2,3)20-7-6-19(8-11(20)21)14(22)9-4-5-10(16)13(18)12(9)17/h4-5H,6-8H2,1-3H3. The molecule has 0 radical (unpaired) electrons. The molecular weight excluding hydrogens is 297 g/mol. The van der Waals surface area contributed by atoms with Crippen LogP contribution in [0.4, 0.5) is 13.2 Å². The normalized spacial score (nSPS) is 16.2. The maximum Gasteiger partial charge on any atom is 0.257 e. The Kier molecular flexibility index (Phi) is 4.17. The topological polar surface area (TPSA) is 40.6 Å². The van der Waals surface area contributed by atoms with Gasteiger partial charge in [-0.15, -0.1) is 0 Å². The van der Waals surface area contributed by atoms with E-state index in [9.17, 15) is 22.8 Å². The zero-order chi connectivity index (χ0) is 16.7. The molecule has 0 unspecified atom stereocenters. The van der Waals surface area contributed by atoms with Crippen molar-refractivity contribution in [2.45, 2.75) is 26.3 Å². The number of carbonyl (C=O) groups is 2. The summed E-state index contributed by atoms with van der Waals surface area (Å²) in [7, 11) is 0. The first-order valence-electron chi connectivity index (χ1n) is 6.86. The van der Waals surface area contributed by atoms with Crippen molar-refractivity contribution in [1.82, 2.24) is 9.80 Å². The summed E-state index contributed by atoms with van der Waals surface area (Å²) in [6.07, 6.45) is 0. The Morgan fingerprint density at radius 1 is 1.09 bits per heavy atom. The molecule has 120 valence electrons. The van der Waals surface area contributed by atoms with Gasteiger partial charge in [0.1, 0.15) is 6.54 Å². The number of rotatable bonds is 1. The van der Waals surface area contributed by atoms with Gasteiger partial charge in [0.05, 0.1) is 5.56 Å². The molecule has 0 aliphatic carbocycles. The first kappa shape index (κ1) is 16.3. The fraction of sp³-hybridized carbons (Fsp3) is 0.467. The van der Waals surface area contributed by atoms with E-state index in [1.165, 1.54) is 0 Å². The van der Waals surface area contributed by atoms with E-state index < -0.39 is 28.9 Å². The molecule has 4 nitrogen and oxygen atoms in total. The predicted molar refractivity (Wildman–Crippen MR) is 73.7 cm³/mol. The van der Waals surface area contributed by atoms with Gasteiger partial charge in [-0.2, -0.15) is 0 Å². The largest absolute Gasteiger partial charge is 0.335 e. The highest BCUT2D eigenvalue weighted by atomic mass is 19.2. The van der Waals surface area contributed by atoms with E-state index in [0.717, 1.165) is 11.0 Å². The van der Waals surface area contributed by atoms with Crippen LogP contribution in [0.5, 0.6) is 0 Å². The van der Waals surface area contributed by atoms with Crippen molar-refractivity contribution in [3.8, 4) is 0 Å². The third-order valence-electron chi connectivity index (χ3n) is 3.58. The van der Waals surface area contributed by atoms with Crippen LogP contribution >= 0.6 is 0 Å². The van der Waals surface area contributed by atoms with E-state index in [-0.39, 0.29) is 24.5 Å². The lowest BCUT2D eigenvalue weighted by Gasteiger charge is -2.42. The number of carbonyl (C=O) groups excluding carboxylic acids is 2. The maximum absolute atomic E-state index is 13.7. The molecule has 0 atom stereocenters. The minimum absolute atomic E-state index is 0.209. The van der Waals surface area contributed by atoms with Crippen LogP contribution in [0.1, 0.15) is 31.1 Å². The van der Waals surface area contributed by atoms with Crippen molar-refractivity contribution in [3.05, 3.63) is 35.1 Å². The van der Waals surface area contributed by atoms with E-state index in [4.69, 9.17) is 0 Å². The molecule has 1 aliphatic heterocycles. The predicted octanol–water partition coefficient (Wildman–Crippen LogP) is 2.19. The molecule has 22 heavy (non-hydrogen) atoms. The average Bonchev–Trinajstić information content (AvgIpc) is 2.43. The van der Waals surface area contributed by atoms with Gasteiger partial charge in [-0.05, 0) is 32.9 Å². The van der Waals surface area contributed by atoms with Crippen LogP contribution in [0.2, 0.25) is 0 Å². The van der Waals surface area contributed by atoms with Crippen LogP contribution in [0.15, 0.2) is 12.1 Å². The summed E-state index contributed by atoms with van der Waals surface area (Å²) in [5, 5.41) is 0. The molecule has 1 saturated heterocycles. The summed E-state index contributed by atoms with van der Waals surface area (Å²) in [5.41, 5.74) is -0.949. The first-order chi connectivity index (χ1) is 10.1. The van der Waals surface area contributed by atoms with E-state index in [0.29, 0.717) is 12.6 Å². The van der Waals surface area contributed by atoms with Crippen LogP contribution in [0.25, 0.3) is 0 Å². The minimum Gasteiger partial charge on any atom is -0.335 e. The van der Waals surface area contributed by atoms with Crippen molar-refractivity contribution in [3.63, 3.8) is 0 Å². The average molecular weight is 314 g/mol. The lowest BCUT2D eigenvalue weighted by atomic mass is 10.0. The SMILES string of the molecule is CC(C)(C)N1CCN(C(=O)c2ccc(F)c(F)c2F)CC1=O. The molecule has 1 fully saturated rings. The molecule has 0 spiro atoms. The van der Waals surface area contributed by atoms with Gasteiger partial charge >= 0.3 is 0 Å². The van der Waals surface area contributed by atoms with Gasteiger partial charge in [0.15, 0.2) is 17.5 Å². The van der Waals surface area contributed by atoms with Crippen LogP contribution < -0.4 is 0 Å². The van der Waals surface area contributed by atoms with Crippen LogP contribution in [0, 0.1) is 17.5 Å². The Morgan fingerprint density at radius 2 is 1.73 bits per heavy atom. The summed E-state index contributed by atoms with van der Waals surface area (Å²) >= 11 is 0. The van der Waals surface area contributed by atoms with Crippen molar-refractivity contribution in [1.29, 1.82) is 0 Å². The van der Waals surface area contributed by atoms with Gasteiger partial charge in [-0.1, -0.05) is 0 Å². The Morgan fingerprint density at radius 3 is 2.27 bits per heavy atom. The zero-order valence-electron chi connectivity index (χ0n) is 12.6. The number of halogens is 3. The Labute approximate surface area is 126 Å². The lowest BCUT2D eigenvalue weighted by molar-refractivity contribution is -0.140. The molecule has 1 heterocycles. The minimum atomic E-state index is -1.69. The molecule has 0 aromatic heterocycles. The number of benzene rings is 1. The highest BCUT2D eigenvalue weighted by Crippen LogP contribution is 2.20. The maximum atomic E-state index is 13.7. The second kappa shape index (κ2) is 5.62. The van der Waals surface area contributed by atoms with Gasteiger partial charge < -0.3 is 9.80 Å². The molecule has 1 aromatic rings. The molecule has 2 amide bonds. The van der Waals surface area contributed by atoms with Gasteiger partial charge in [0.2, 0.25) is 5.91 Å². The Balaban J connectivity index is 2.20. The molecule has 0 bridgehead atoms. The van der Waals surface area contributed by atoms with Crippen LogP contribution in [0.3, 0.4) is 0 Å². The van der Waals surface area contributed by atoms with Gasteiger partial charge in [-0.3, -0.25) is 9.59 Å². The third kappa shape index (κ3) is 2.93. The number of hydrogen-bond donors (Lipinski definition) is 0. The van der Waals surface area contributed by atoms with Crippen LogP contribution in [-0.2, 0) is 4.79 Å². The number of hydrogen-bond acceptors (Lipinski definition) is 2. The first-order valence-corrected chi connectivity index (χ1v) is 6.86. The zero-order valence-corrected chi connectivity index (χ0v) is 12.6. The van der Waals surface area contributed by atoms with E-state index in [2.05, 4.69) is 0 Å². The summed E-state index contributed by atoms with van der Waals surface area (Å²) in [4.78, 5) is 27.1. The number of nitrogens with zero attached hydrogens (tertiary/aromatic N) is 2. The Hall–Kier alpha value is -2.05. The van der Waals surface area contributed by atoms with Gasteiger partial charge in [0, 0.05) is 18.6 Å². The summed E-state index contributed by atoms with van der Waals surface area (Å²) < 4.78 is 39.8.